The average Bonchev–Trinajstić information content (AvgIpc) is 3.10. The first kappa shape index (κ1) is 22.0. The maximum atomic E-state index is 13.5. The van der Waals surface area contributed by atoms with E-state index in [1.807, 2.05) is 11.0 Å². The second-order valence-corrected chi connectivity index (χ2v) is 11.1. The Morgan fingerprint density at radius 2 is 1.67 bits per heavy atom. The summed E-state index contributed by atoms with van der Waals surface area (Å²) in [6.45, 7) is 0.365. The molecule has 0 aromatic heterocycles. The van der Waals surface area contributed by atoms with Crippen LogP contribution in [-0.4, -0.2) is 19.6 Å². The summed E-state index contributed by atoms with van der Waals surface area (Å²) in [4.78, 5) is 25.8. The van der Waals surface area contributed by atoms with Gasteiger partial charge < -0.3 is 4.90 Å². The van der Waals surface area contributed by atoms with Crippen molar-refractivity contribution >= 4 is 73.4 Å². The molecule has 0 bridgehead atoms. The highest BCUT2D eigenvalue weighted by Crippen LogP contribution is 2.45. The van der Waals surface area contributed by atoms with E-state index in [4.69, 9.17) is 23.2 Å². The summed E-state index contributed by atoms with van der Waals surface area (Å²) < 4.78 is 26.9. The topological polar surface area (TPSA) is 83.5 Å². The molecule has 0 atom stereocenters. The lowest BCUT2D eigenvalue weighted by atomic mass is 10.1. The molecule has 3 aromatic carbocycles. The normalized spacial score (nSPS) is 17.6. The van der Waals surface area contributed by atoms with Crippen molar-refractivity contribution < 1.29 is 18.0 Å². The minimum absolute atomic E-state index is 0.116. The van der Waals surface area contributed by atoms with Gasteiger partial charge in [-0.25, -0.2) is 8.42 Å². The Hall–Kier alpha value is -2.78. The van der Waals surface area contributed by atoms with Crippen molar-refractivity contribution in [1.82, 2.24) is 5.32 Å². The fourth-order valence-electron chi connectivity index (χ4n) is 3.78. The Labute approximate surface area is 204 Å². The van der Waals surface area contributed by atoms with E-state index in [2.05, 4.69) is 5.32 Å². The van der Waals surface area contributed by atoms with Gasteiger partial charge in [0.1, 0.15) is 0 Å². The molecule has 0 aliphatic carbocycles. The van der Waals surface area contributed by atoms with Gasteiger partial charge in [-0.15, -0.1) is 0 Å². The fourth-order valence-corrected chi connectivity index (χ4v) is 6.47. The van der Waals surface area contributed by atoms with E-state index < -0.39 is 21.0 Å². The monoisotopic (exact) mass is 516 g/mol. The number of fused-ring (bicyclic) bond motifs is 2. The third-order valence-corrected chi connectivity index (χ3v) is 8.65. The Kier molecular flexibility index (Phi) is 5.49. The van der Waals surface area contributed by atoms with Gasteiger partial charge in [-0.05, 0) is 65.4 Å². The zero-order valence-electron chi connectivity index (χ0n) is 16.7. The number of nitrogens with zero attached hydrogens (tertiary/aromatic N) is 1. The molecule has 1 saturated heterocycles. The van der Waals surface area contributed by atoms with Gasteiger partial charge in [-0.3, -0.25) is 14.9 Å². The zero-order valence-corrected chi connectivity index (χ0v) is 19.9. The smallest absolute Gasteiger partial charge is 0.290 e. The minimum Gasteiger partial charge on any atom is -0.335 e. The number of carbonyl (C=O) groups is 2. The van der Waals surface area contributed by atoms with E-state index in [0.717, 1.165) is 17.3 Å². The fraction of sp³-hybridized carbons (Fsp3) is 0.0435. The molecule has 6 nitrogen and oxygen atoms in total. The van der Waals surface area contributed by atoms with E-state index in [1.165, 1.54) is 12.1 Å². The number of nitrogens with one attached hydrogen (secondary N) is 1. The number of halogens is 2. The van der Waals surface area contributed by atoms with Gasteiger partial charge in [-0.2, -0.15) is 0 Å². The van der Waals surface area contributed by atoms with Gasteiger partial charge in [0.25, 0.3) is 11.1 Å². The second kappa shape index (κ2) is 8.22. The lowest BCUT2D eigenvalue weighted by Gasteiger charge is -2.33. The van der Waals surface area contributed by atoms with Crippen LogP contribution < -0.4 is 10.2 Å². The largest absolute Gasteiger partial charge is 0.335 e. The average molecular weight is 517 g/mol. The summed E-state index contributed by atoms with van der Waals surface area (Å²) in [7, 11) is -3.81. The summed E-state index contributed by atoms with van der Waals surface area (Å²) in [6.07, 6.45) is 1.50. The maximum absolute atomic E-state index is 13.5. The van der Waals surface area contributed by atoms with Crippen LogP contribution in [0.3, 0.4) is 0 Å². The SMILES string of the molecule is O=C1NC(=O)/C(=C/c2ccc3c(c2)S(=O)(=O)c2ccccc2N3Cc2ccc(Cl)c(Cl)c2)S1. The number of thioether (sulfide) groups is 1. The lowest BCUT2D eigenvalue weighted by Crippen LogP contribution is -2.25. The summed E-state index contributed by atoms with van der Waals surface area (Å²) >= 11 is 13.0. The molecule has 0 unspecified atom stereocenters. The molecular formula is C23H14Cl2N2O4S2. The van der Waals surface area contributed by atoms with Crippen molar-refractivity contribution in [1.29, 1.82) is 0 Å². The number of para-hydroxylation sites is 1. The third kappa shape index (κ3) is 3.93. The highest BCUT2D eigenvalue weighted by atomic mass is 35.5. The molecule has 1 fully saturated rings. The molecule has 0 radical (unpaired) electrons. The molecule has 2 aliphatic rings. The molecule has 1 N–H and O–H groups in total. The van der Waals surface area contributed by atoms with Crippen molar-refractivity contribution in [3.63, 3.8) is 0 Å². The number of rotatable bonds is 3. The quantitative estimate of drug-likeness (QED) is 0.442. The molecule has 2 heterocycles. The van der Waals surface area contributed by atoms with Gasteiger partial charge in [0.2, 0.25) is 9.84 Å². The molecule has 5 rings (SSSR count). The van der Waals surface area contributed by atoms with E-state index >= 15 is 0 Å². The first-order valence-electron chi connectivity index (χ1n) is 9.68. The second-order valence-electron chi connectivity index (χ2n) is 7.39. The molecule has 166 valence electrons. The first-order chi connectivity index (χ1) is 15.7. The molecule has 2 amide bonds. The van der Waals surface area contributed by atoms with Crippen LogP contribution >= 0.6 is 35.0 Å². The third-order valence-electron chi connectivity index (χ3n) is 5.27. The predicted molar refractivity (Wildman–Crippen MR) is 130 cm³/mol. The minimum atomic E-state index is -3.81. The molecule has 2 aliphatic heterocycles. The molecule has 0 spiro atoms. The number of amides is 2. The van der Waals surface area contributed by atoms with Crippen molar-refractivity contribution in [2.75, 3.05) is 4.90 Å². The van der Waals surface area contributed by atoms with Gasteiger partial charge in [0.05, 0.1) is 36.1 Å². The zero-order chi connectivity index (χ0) is 23.3. The number of sulfone groups is 1. The number of hydrogen-bond acceptors (Lipinski definition) is 6. The van der Waals surface area contributed by atoms with Crippen LogP contribution in [-0.2, 0) is 21.2 Å². The van der Waals surface area contributed by atoms with Gasteiger partial charge >= 0.3 is 0 Å². The van der Waals surface area contributed by atoms with E-state index in [9.17, 15) is 18.0 Å². The summed E-state index contributed by atoms with van der Waals surface area (Å²) in [6, 6.07) is 17.0. The van der Waals surface area contributed by atoms with Crippen LogP contribution in [0.2, 0.25) is 10.0 Å². The molecule has 0 saturated carbocycles. The number of carbonyl (C=O) groups excluding carboxylic acids is 2. The number of anilines is 2. The summed E-state index contributed by atoms with van der Waals surface area (Å²) in [5, 5.41) is 2.58. The van der Waals surface area contributed by atoms with Crippen LogP contribution in [0.5, 0.6) is 0 Å². The lowest BCUT2D eigenvalue weighted by molar-refractivity contribution is -0.115. The first-order valence-corrected chi connectivity index (χ1v) is 12.7. The number of imide groups is 1. The maximum Gasteiger partial charge on any atom is 0.290 e. The van der Waals surface area contributed by atoms with Crippen molar-refractivity contribution in [3.8, 4) is 0 Å². The van der Waals surface area contributed by atoms with Crippen molar-refractivity contribution in [2.24, 2.45) is 0 Å². The molecular weight excluding hydrogens is 503 g/mol. The summed E-state index contributed by atoms with van der Waals surface area (Å²) in [5.74, 6) is -0.503. The van der Waals surface area contributed by atoms with Crippen LogP contribution in [0, 0.1) is 0 Å². The highest BCUT2D eigenvalue weighted by molar-refractivity contribution is 8.18. The highest BCUT2D eigenvalue weighted by Gasteiger charge is 2.34. The molecule has 33 heavy (non-hydrogen) atoms. The van der Waals surface area contributed by atoms with Crippen molar-refractivity contribution in [2.45, 2.75) is 16.3 Å². The standard InChI is InChI=1S/C23H14Cl2N2O4S2/c24-15-7-5-14(9-16(15)25)12-27-17-3-1-2-4-20(17)33(30,31)21-11-13(6-8-18(21)27)10-19-22(28)26-23(29)32-19/h1-11H,12H2,(H,26,28,29)/b19-10-. The predicted octanol–water partition coefficient (Wildman–Crippen LogP) is 5.80. The van der Waals surface area contributed by atoms with E-state index in [0.29, 0.717) is 33.5 Å². The van der Waals surface area contributed by atoms with Crippen LogP contribution in [0.15, 0.2) is 75.4 Å². The number of benzene rings is 3. The number of hydrogen-bond donors (Lipinski definition) is 1. The van der Waals surface area contributed by atoms with E-state index in [1.54, 1.807) is 48.5 Å². The Morgan fingerprint density at radius 1 is 0.909 bits per heavy atom. The van der Waals surface area contributed by atoms with Crippen LogP contribution in [0.25, 0.3) is 6.08 Å². The Morgan fingerprint density at radius 3 is 2.39 bits per heavy atom. The van der Waals surface area contributed by atoms with Gasteiger partial charge in [0, 0.05) is 6.54 Å². The Balaban J connectivity index is 1.64. The van der Waals surface area contributed by atoms with Gasteiger partial charge in [0.15, 0.2) is 0 Å². The van der Waals surface area contributed by atoms with E-state index in [-0.39, 0.29) is 14.7 Å². The molecule has 3 aromatic rings. The van der Waals surface area contributed by atoms with Crippen molar-refractivity contribution in [3.05, 3.63) is 86.7 Å². The van der Waals surface area contributed by atoms with Crippen LogP contribution in [0.1, 0.15) is 11.1 Å². The molecule has 10 heteroatoms. The van der Waals surface area contributed by atoms with Crippen LogP contribution in [0.4, 0.5) is 16.2 Å². The van der Waals surface area contributed by atoms with Gasteiger partial charge in [-0.1, -0.05) is 47.5 Å². The summed E-state index contributed by atoms with van der Waals surface area (Å²) in [5.41, 5.74) is 2.41. The Bertz CT molecular complexity index is 1490.